The van der Waals surface area contributed by atoms with Crippen LogP contribution in [0.1, 0.15) is 52.7 Å². The molecular weight excluding hydrogens is 567 g/mol. The van der Waals surface area contributed by atoms with Gasteiger partial charge in [0.1, 0.15) is 0 Å². The average molecular weight is 607 g/mol. The Morgan fingerprint density at radius 2 is 1.17 bits per heavy atom. The molecular formula is C44H39BN2. The molecule has 3 heterocycles. The number of hydrogen-bond donors (Lipinski definition) is 0. The van der Waals surface area contributed by atoms with Crippen LogP contribution >= 0.6 is 0 Å². The fourth-order valence-electron chi connectivity index (χ4n) is 8.30. The van der Waals surface area contributed by atoms with Crippen LogP contribution in [-0.2, 0) is 10.8 Å². The van der Waals surface area contributed by atoms with E-state index in [0.29, 0.717) is 0 Å². The van der Waals surface area contributed by atoms with Gasteiger partial charge in [-0.05, 0) is 56.6 Å². The van der Waals surface area contributed by atoms with Crippen LogP contribution in [0.3, 0.4) is 0 Å². The van der Waals surface area contributed by atoms with Gasteiger partial charge in [-0.1, -0.05) is 151 Å². The van der Waals surface area contributed by atoms with E-state index in [0.717, 1.165) is 0 Å². The molecule has 0 radical (unpaired) electrons. The molecule has 1 aliphatic heterocycles. The Balaban J connectivity index is 1.51. The first-order chi connectivity index (χ1) is 22.6. The Kier molecular flexibility index (Phi) is 5.85. The topological polar surface area (TPSA) is 9.86 Å². The molecule has 9 rings (SSSR count). The Morgan fingerprint density at radius 3 is 1.96 bits per heavy atom. The summed E-state index contributed by atoms with van der Waals surface area (Å²) in [6.07, 6.45) is 0. The summed E-state index contributed by atoms with van der Waals surface area (Å²) in [5.74, 6) is 0. The molecule has 0 amide bonds. The summed E-state index contributed by atoms with van der Waals surface area (Å²) in [5, 5.41) is 5.23. The molecule has 2 nitrogen and oxygen atoms in total. The van der Waals surface area contributed by atoms with Crippen LogP contribution in [0.15, 0.2) is 127 Å². The monoisotopic (exact) mass is 606 g/mol. The quantitative estimate of drug-likeness (QED) is 0.173. The second-order valence-electron chi connectivity index (χ2n) is 15.4. The van der Waals surface area contributed by atoms with Crippen LogP contribution in [0, 0.1) is 0 Å². The van der Waals surface area contributed by atoms with Gasteiger partial charge in [0.05, 0.1) is 11.0 Å². The first kappa shape index (κ1) is 28.2. The van der Waals surface area contributed by atoms with Gasteiger partial charge in [-0.15, -0.1) is 0 Å². The molecule has 47 heavy (non-hydrogen) atoms. The van der Waals surface area contributed by atoms with Gasteiger partial charge in [0.2, 0.25) is 0 Å². The minimum absolute atomic E-state index is 0.0183. The number of nitrogens with zero attached hydrogens (tertiary/aromatic N) is 2. The molecule has 0 saturated heterocycles. The summed E-state index contributed by atoms with van der Waals surface area (Å²) in [6.45, 7) is 14.0. The van der Waals surface area contributed by atoms with Crippen LogP contribution in [0.4, 0.5) is 0 Å². The van der Waals surface area contributed by atoms with E-state index in [-0.39, 0.29) is 17.7 Å². The van der Waals surface area contributed by atoms with E-state index < -0.39 is 0 Å². The minimum atomic E-state index is -0.0626. The minimum Gasteiger partial charge on any atom is -0.375 e. The predicted octanol–water partition coefficient (Wildman–Crippen LogP) is 10.1. The highest BCUT2D eigenvalue weighted by atomic mass is 15.0. The predicted molar refractivity (Wildman–Crippen MR) is 203 cm³/mol. The van der Waals surface area contributed by atoms with Crippen molar-refractivity contribution in [2.24, 2.45) is 0 Å². The first-order valence-corrected chi connectivity index (χ1v) is 16.9. The number of aromatic nitrogens is 2. The average Bonchev–Trinajstić information content (AvgIpc) is 3.58. The maximum absolute atomic E-state index is 2.68. The third-order valence-electron chi connectivity index (χ3n) is 10.5. The van der Waals surface area contributed by atoms with Crippen molar-refractivity contribution in [1.82, 2.24) is 9.05 Å². The van der Waals surface area contributed by atoms with Crippen LogP contribution in [0.25, 0.3) is 60.4 Å². The number of benzene rings is 6. The van der Waals surface area contributed by atoms with E-state index in [1.807, 2.05) is 0 Å². The molecule has 3 heteroatoms. The molecule has 0 saturated carbocycles. The lowest BCUT2D eigenvalue weighted by atomic mass is 9.46. The summed E-state index contributed by atoms with van der Waals surface area (Å²) in [4.78, 5) is 0. The lowest BCUT2D eigenvalue weighted by Gasteiger charge is -2.33. The van der Waals surface area contributed by atoms with Gasteiger partial charge in [-0.25, -0.2) is 0 Å². The van der Waals surface area contributed by atoms with Gasteiger partial charge in [-0.3, -0.25) is 0 Å². The second-order valence-corrected chi connectivity index (χ2v) is 15.4. The van der Waals surface area contributed by atoms with Crippen molar-refractivity contribution in [3.05, 3.63) is 139 Å². The summed E-state index contributed by atoms with van der Waals surface area (Å²) in [7, 11) is 0. The molecule has 0 fully saturated rings. The smallest absolute Gasteiger partial charge is 0.332 e. The van der Waals surface area contributed by atoms with Crippen molar-refractivity contribution in [3.8, 4) is 16.8 Å². The van der Waals surface area contributed by atoms with Gasteiger partial charge in [0, 0.05) is 43.8 Å². The maximum atomic E-state index is 2.68. The zero-order chi connectivity index (χ0) is 32.2. The Morgan fingerprint density at radius 1 is 0.511 bits per heavy atom. The summed E-state index contributed by atoms with van der Waals surface area (Å²) in [5.41, 5.74) is 14.4. The van der Waals surface area contributed by atoms with Crippen LogP contribution in [0.5, 0.6) is 0 Å². The molecule has 8 aromatic rings. The van der Waals surface area contributed by atoms with E-state index in [2.05, 4.69) is 178 Å². The van der Waals surface area contributed by atoms with E-state index in [1.54, 1.807) is 0 Å². The summed E-state index contributed by atoms with van der Waals surface area (Å²) in [6, 6.07) is 47.9. The van der Waals surface area contributed by atoms with E-state index in [1.165, 1.54) is 82.5 Å². The van der Waals surface area contributed by atoms with Gasteiger partial charge in [0.15, 0.2) is 0 Å². The number of rotatable bonds is 2. The third kappa shape index (κ3) is 3.99. The molecule has 0 bridgehead atoms. The first-order valence-electron chi connectivity index (χ1n) is 16.9. The maximum Gasteiger partial charge on any atom is 0.332 e. The SMILES string of the molecule is CC(C)(C)c1ccc2c3ccc(C(C)(C)C)c4c3n(c2c1)-c1ccccc1B4n1c2ccccc2c2cccc(-c3ccccc3)c21. The molecule has 228 valence electrons. The Labute approximate surface area is 277 Å². The number of hydrogen-bond acceptors (Lipinski definition) is 0. The third-order valence-corrected chi connectivity index (χ3v) is 10.5. The molecule has 0 unspecified atom stereocenters. The van der Waals surface area contributed by atoms with Crippen molar-refractivity contribution in [3.63, 3.8) is 0 Å². The largest absolute Gasteiger partial charge is 0.375 e. The highest BCUT2D eigenvalue weighted by molar-refractivity contribution is 6.88. The van der Waals surface area contributed by atoms with Crippen molar-refractivity contribution in [2.45, 2.75) is 52.4 Å². The van der Waals surface area contributed by atoms with Crippen molar-refractivity contribution >= 4 is 61.4 Å². The highest BCUT2D eigenvalue weighted by Crippen LogP contribution is 2.41. The standard InChI is InChI=1S/C44H39BN2/c1-43(2,3)29-23-24-32-34-25-26-35(44(4,5)6)40-42(34)46(39(32)27-29)38-22-13-11-20-36(38)45(40)47-37-21-12-10-17-31(37)33-19-14-18-30(41(33)47)28-15-8-7-9-16-28/h7-27H,1-6H3. The van der Waals surface area contributed by atoms with Gasteiger partial charge < -0.3 is 9.05 Å². The molecule has 0 spiro atoms. The Bertz CT molecular complexity index is 2530. The Hall–Kier alpha value is -5.02. The number of fused-ring (bicyclic) bond motifs is 8. The summed E-state index contributed by atoms with van der Waals surface area (Å²) < 4.78 is 5.26. The lowest BCUT2D eigenvalue weighted by Crippen LogP contribution is -2.55. The van der Waals surface area contributed by atoms with Crippen LogP contribution < -0.4 is 10.9 Å². The van der Waals surface area contributed by atoms with Gasteiger partial charge >= 0.3 is 6.85 Å². The van der Waals surface area contributed by atoms with Crippen molar-refractivity contribution < 1.29 is 0 Å². The van der Waals surface area contributed by atoms with Gasteiger partial charge in [-0.2, -0.15) is 0 Å². The normalized spacial score (nSPS) is 13.3. The van der Waals surface area contributed by atoms with E-state index in [9.17, 15) is 0 Å². The van der Waals surface area contributed by atoms with Crippen molar-refractivity contribution in [1.29, 1.82) is 0 Å². The summed E-state index contributed by atoms with van der Waals surface area (Å²) >= 11 is 0. The fourth-order valence-corrected chi connectivity index (χ4v) is 8.30. The fraction of sp³-hybridized carbons (Fsp3) is 0.182. The van der Waals surface area contributed by atoms with Gasteiger partial charge in [0.25, 0.3) is 0 Å². The highest BCUT2D eigenvalue weighted by Gasteiger charge is 2.40. The lowest BCUT2D eigenvalue weighted by molar-refractivity contribution is 0.591. The molecule has 2 aromatic heterocycles. The number of para-hydroxylation sites is 3. The van der Waals surface area contributed by atoms with Crippen LogP contribution in [-0.4, -0.2) is 15.9 Å². The molecule has 1 aliphatic rings. The zero-order valence-corrected chi connectivity index (χ0v) is 28.1. The van der Waals surface area contributed by atoms with E-state index >= 15 is 0 Å². The van der Waals surface area contributed by atoms with Crippen molar-refractivity contribution in [2.75, 3.05) is 0 Å². The second kappa shape index (κ2) is 9.75. The molecule has 0 N–H and O–H groups in total. The molecule has 0 aliphatic carbocycles. The molecule has 6 aromatic carbocycles. The van der Waals surface area contributed by atoms with Crippen LogP contribution in [0.2, 0.25) is 0 Å². The van der Waals surface area contributed by atoms with E-state index in [4.69, 9.17) is 0 Å². The molecule has 0 atom stereocenters. The zero-order valence-electron chi connectivity index (χ0n) is 28.1.